The molecule has 2 aromatic rings. The van der Waals surface area contributed by atoms with Crippen molar-refractivity contribution in [3.8, 4) is 11.1 Å². The maximum absolute atomic E-state index is 13.9. The van der Waals surface area contributed by atoms with Crippen LogP contribution in [0.15, 0.2) is 42.7 Å². The van der Waals surface area contributed by atoms with Crippen LogP contribution in [0.25, 0.3) is 11.1 Å². The Morgan fingerprint density at radius 3 is 2.62 bits per heavy atom. The lowest BCUT2D eigenvalue weighted by molar-refractivity contribution is 0.0228. The lowest BCUT2D eigenvalue weighted by atomic mass is 9.71. The lowest BCUT2D eigenvalue weighted by Crippen LogP contribution is -2.47. The Labute approximate surface area is 124 Å². The molecular weight excluding hydrogens is 263 g/mol. The van der Waals surface area contributed by atoms with Crippen molar-refractivity contribution >= 4 is 0 Å². The molecule has 1 aromatic carbocycles. The van der Waals surface area contributed by atoms with Crippen molar-refractivity contribution in [2.45, 2.75) is 19.4 Å². The van der Waals surface area contributed by atoms with Crippen LogP contribution < -0.4 is 0 Å². The summed E-state index contributed by atoms with van der Waals surface area (Å²) >= 11 is 0. The predicted octanol–water partition coefficient (Wildman–Crippen LogP) is 3.73. The van der Waals surface area contributed by atoms with Gasteiger partial charge < -0.3 is 0 Å². The van der Waals surface area contributed by atoms with Gasteiger partial charge in [0, 0.05) is 37.6 Å². The summed E-state index contributed by atoms with van der Waals surface area (Å²) < 4.78 is 13.9. The Morgan fingerprint density at radius 1 is 1.10 bits per heavy atom. The van der Waals surface area contributed by atoms with Crippen LogP contribution in [0.1, 0.15) is 18.4 Å². The number of fused-ring (bicyclic) bond motifs is 2. The summed E-state index contributed by atoms with van der Waals surface area (Å²) in [5.41, 5.74) is 2.95. The average molecular weight is 282 g/mol. The molecule has 3 heterocycles. The second kappa shape index (κ2) is 5.23. The van der Waals surface area contributed by atoms with Crippen LogP contribution in [-0.4, -0.2) is 23.0 Å². The van der Waals surface area contributed by atoms with Crippen molar-refractivity contribution in [1.82, 2.24) is 9.88 Å². The largest absolute Gasteiger partial charge is 0.299 e. The monoisotopic (exact) mass is 282 g/mol. The minimum absolute atomic E-state index is 0.159. The van der Waals surface area contributed by atoms with Crippen molar-refractivity contribution in [2.75, 3.05) is 13.1 Å². The fraction of sp³-hybridized carbons (Fsp3) is 0.389. The van der Waals surface area contributed by atoms with Crippen LogP contribution in [0.4, 0.5) is 4.39 Å². The quantitative estimate of drug-likeness (QED) is 0.852. The van der Waals surface area contributed by atoms with Crippen LogP contribution in [0.3, 0.4) is 0 Å². The van der Waals surface area contributed by atoms with E-state index in [0.29, 0.717) is 0 Å². The zero-order valence-electron chi connectivity index (χ0n) is 12.0. The first-order chi connectivity index (χ1) is 10.3. The summed E-state index contributed by atoms with van der Waals surface area (Å²) in [4.78, 5) is 6.60. The van der Waals surface area contributed by atoms with Gasteiger partial charge in [0.15, 0.2) is 0 Å². The summed E-state index contributed by atoms with van der Waals surface area (Å²) in [6.07, 6.45) is 6.33. The summed E-state index contributed by atoms with van der Waals surface area (Å²) in [5, 5.41) is 0. The van der Waals surface area contributed by atoms with Crippen LogP contribution >= 0.6 is 0 Å². The molecule has 21 heavy (non-hydrogen) atoms. The number of nitrogens with zero attached hydrogens (tertiary/aromatic N) is 2. The van der Waals surface area contributed by atoms with E-state index in [1.165, 1.54) is 25.9 Å². The smallest absolute Gasteiger partial charge is 0.124 e. The molecule has 5 rings (SSSR count). The number of piperidine rings is 2. The van der Waals surface area contributed by atoms with Gasteiger partial charge in [0.25, 0.3) is 0 Å². The van der Waals surface area contributed by atoms with Crippen molar-refractivity contribution in [1.29, 1.82) is 0 Å². The summed E-state index contributed by atoms with van der Waals surface area (Å²) in [7, 11) is 0. The Morgan fingerprint density at radius 2 is 1.90 bits per heavy atom. The zero-order valence-corrected chi connectivity index (χ0v) is 12.0. The molecule has 3 heteroatoms. The van der Waals surface area contributed by atoms with E-state index >= 15 is 0 Å². The number of pyridine rings is 1. The number of aromatic nitrogens is 1. The van der Waals surface area contributed by atoms with E-state index in [1.54, 1.807) is 24.5 Å². The van der Waals surface area contributed by atoms with Gasteiger partial charge >= 0.3 is 0 Å². The molecule has 3 aliphatic rings. The van der Waals surface area contributed by atoms with Crippen molar-refractivity contribution < 1.29 is 4.39 Å². The number of rotatable bonds is 3. The van der Waals surface area contributed by atoms with Crippen LogP contribution in [0.5, 0.6) is 0 Å². The first-order valence-corrected chi connectivity index (χ1v) is 7.68. The van der Waals surface area contributed by atoms with Gasteiger partial charge in [-0.15, -0.1) is 0 Å². The third-order valence-electron chi connectivity index (χ3n) is 4.72. The van der Waals surface area contributed by atoms with Gasteiger partial charge in [-0.2, -0.15) is 0 Å². The van der Waals surface area contributed by atoms with E-state index in [2.05, 4.69) is 16.0 Å². The van der Waals surface area contributed by atoms with Gasteiger partial charge in [-0.1, -0.05) is 6.07 Å². The summed E-state index contributed by atoms with van der Waals surface area (Å²) in [6, 6.07) is 9.22. The predicted molar refractivity (Wildman–Crippen MR) is 81.1 cm³/mol. The van der Waals surface area contributed by atoms with E-state index in [1.807, 2.05) is 12.1 Å². The van der Waals surface area contributed by atoms with E-state index < -0.39 is 0 Å². The van der Waals surface area contributed by atoms with Crippen LogP contribution in [0, 0.1) is 17.7 Å². The van der Waals surface area contributed by atoms with Crippen molar-refractivity contribution in [2.24, 2.45) is 11.8 Å². The first-order valence-electron chi connectivity index (χ1n) is 7.68. The number of hydrogen-bond acceptors (Lipinski definition) is 2. The maximum atomic E-state index is 13.9. The van der Waals surface area contributed by atoms with E-state index in [0.717, 1.165) is 35.1 Å². The van der Waals surface area contributed by atoms with Gasteiger partial charge in [-0.05, 0) is 60.1 Å². The van der Waals surface area contributed by atoms with Gasteiger partial charge in [0.05, 0.1) is 0 Å². The Hall–Kier alpha value is -1.74. The van der Waals surface area contributed by atoms with E-state index in [-0.39, 0.29) is 5.82 Å². The molecule has 0 atom stereocenters. The lowest BCUT2D eigenvalue weighted by Gasteiger charge is -2.47. The highest BCUT2D eigenvalue weighted by atomic mass is 19.1. The van der Waals surface area contributed by atoms with Gasteiger partial charge in [0.2, 0.25) is 0 Å². The minimum Gasteiger partial charge on any atom is -0.299 e. The molecule has 2 aliphatic heterocycles. The number of hydrogen-bond donors (Lipinski definition) is 0. The van der Waals surface area contributed by atoms with Gasteiger partial charge in [-0.25, -0.2) is 4.39 Å². The third-order valence-corrected chi connectivity index (χ3v) is 4.72. The SMILES string of the molecule is Fc1cc(CN2CC3CC(C3)C2)cc(-c2cccnc2)c1. The molecule has 1 aromatic heterocycles. The molecule has 0 amide bonds. The molecule has 0 unspecified atom stereocenters. The van der Waals surface area contributed by atoms with Crippen LogP contribution in [0.2, 0.25) is 0 Å². The highest BCUT2D eigenvalue weighted by molar-refractivity contribution is 5.63. The summed E-state index contributed by atoms with van der Waals surface area (Å²) in [5.74, 6) is 1.61. The number of benzene rings is 1. The molecule has 0 radical (unpaired) electrons. The molecular formula is C18H19FN2. The van der Waals surface area contributed by atoms with E-state index in [9.17, 15) is 4.39 Å². The molecule has 1 saturated carbocycles. The van der Waals surface area contributed by atoms with Crippen LogP contribution in [-0.2, 0) is 6.54 Å². The Balaban J connectivity index is 1.56. The third kappa shape index (κ3) is 2.70. The van der Waals surface area contributed by atoms with Gasteiger partial charge in [-0.3, -0.25) is 9.88 Å². The zero-order chi connectivity index (χ0) is 14.2. The molecule has 2 bridgehead atoms. The molecule has 0 N–H and O–H groups in total. The Kier molecular flexibility index (Phi) is 3.23. The molecule has 2 saturated heterocycles. The number of halogens is 1. The van der Waals surface area contributed by atoms with Gasteiger partial charge in [0.1, 0.15) is 5.82 Å². The normalized spacial score (nSPS) is 24.6. The van der Waals surface area contributed by atoms with Crippen molar-refractivity contribution in [3.63, 3.8) is 0 Å². The molecule has 3 fully saturated rings. The second-order valence-electron chi connectivity index (χ2n) is 6.49. The molecule has 108 valence electrons. The average Bonchev–Trinajstić information content (AvgIpc) is 2.47. The minimum atomic E-state index is -0.159. The fourth-order valence-corrected chi connectivity index (χ4v) is 3.81. The standard InChI is InChI=1S/C18H19FN2/c19-18-7-15(12-21-10-13-4-14(5-13)11-21)6-17(8-18)16-2-1-3-20-9-16/h1-3,6-9,13-14H,4-5,10-12H2. The van der Waals surface area contributed by atoms with E-state index in [4.69, 9.17) is 0 Å². The highest BCUT2D eigenvalue weighted by Gasteiger charge is 2.36. The summed E-state index contributed by atoms with van der Waals surface area (Å²) in [6.45, 7) is 3.21. The maximum Gasteiger partial charge on any atom is 0.124 e. The molecule has 0 spiro atoms. The fourth-order valence-electron chi connectivity index (χ4n) is 3.81. The molecule has 1 aliphatic carbocycles. The molecule has 2 nitrogen and oxygen atoms in total. The second-order valence-corrected chi connectivity index (χ2v) is 6.49. The topological polar surface area (TPSA) is 16.1 Å². The Bertz CT molecular complexity index is 625. The first kappa shape index (κ1) is 13.0. The highest BCUT2D eigenvalue weighted by Crippen LogP contribution is 2.39. The van der Waals surface area contributed by atoms with Crippen molar-refractivity contribution in [3.05, 3.63) is 54.1 Å².